The van der Waals surface area contributed by atoms with E-state index in [0.29, 0.717) is 5.92 Å². The highest BCUT2D eigenvalue weighted by Gasteiger charge is 2.09. The summed E-state index contributed by atoms with van der Waals surface area (Å²) >= 11 is 0. The predicted molar refractivity (Wildman–Crippen MR) is 64.2 cm³/mol. The van der Waals surface area contributed by atoms with Crippen LogP contribution in [0, 0.1) is 6.92 Å². The first kappa shape index (κ1) is 12.2. The van der Waals surface area contributed by atoms with Crippen LogP contribution in [0.15, 0.2) is 24.3 Å². The maximum Gasteiger partial charge on any atom is 0.0436 e. The lowest BCUT2D eigenvalue weighted by Crippen LogP contribution is -2.13. The minimum Gasteiger partial charge on any atom is -0.396 e. The van der Waals surface area contributed by atoms with Crippen LogP contribution in [0.4, 0.5) is 0 Å². The normalized spacial score (nSPS) is 12.7. The fourth-order valence-corrected chi connectivity index (χ4v) is 1.79. The van der Waals surface area contributed by atoms with E-state index in [4.69, 9.17) is 5.11 Å². The molecule has 0 fully saturated rings. The van der Waals surface area contributed by atoms with Gasteiger partial charge in [-0.25, -0.2) is 0 Å². The summed E-state index contributed by atoms with van der Waals surface area (Å²) in [7, 11) is 1.96. The molecule has 0 radical (unpaired) electrons. The van der Waals surface area contributed by atoms with Crippen molar-refractivity contribution < 1.29 is 5.11 Å². The molecule has 1 rings (SSSR count). The van der Waals surface area contributed by atoms with Gasteiger partial charge in [-0.05, 0) is 44.8 Å². The van der Waals surface area contributed by atoms with Crippen LogP contribution in [0.25, 0.3) is 0 Å². The Morgan fingerprint density at radius 1 is 1.20 bits per heavy atom. The second-order valence-corrected chi connectivity index (χ2v) is 4.01. The van der Waals surface area contributed by atoms with E-state index in [1.165, 1.54) is 11.1 Å². The van der Waals surface area contributed by atoms with Gasteiger partial charge in [0.1, 0.15) is 0 Å². The lowest BCUT2D eigenvalue weighted by Gasteiger charge is -2.16. The lowest BCUT2D eigenvalue weighted by atomic mass is 9.92. The van der Waals surface area contributed by atoms with Crippen molar-refractivity contribution in [2.24, 2.45) is 0 Å². The Hall–Kier alpha value is -0.860. The zero-order valence-electron chi connectivity index (χ0n) is 9.66. The number of aliphatic hydroxyl groups is 1. The summed E-state index contributed by atoms with van der Waals surface area (Å²) in [4.78, 5) is 0. The molecule has 0 unspecified atom stereocenters. The van der Waals surface area contributed by atoms with Gasteiger partial charge in [-0.1, -0.05) is 29.8 Å². The minimum atomic E-state index is 0.266. The number of aryl methyl sites for hydroxylation is 1. The average Bonchev–Trinajstić information content (AvgIpc) is 2.25. The Kier molecular flexibility index (Phi) is 5.37. The highest BCUT2D eigenvalue weighted by atomic mass is 16.3. The Bertz CT molecular complexity index is 268. The largest absolute Gasteiger partial charge is 0.396 e. The van der Waals surface area contributed by atoms with Gasteiger partial charge in [0.05, 0.1) is 0 Å². The van der Waals surface area contributed by atoms with Gasteiger partial charge in [0.25, 0.3) is 0 Å². The summed E-state index contributed by atoms with van der Waals surface area (Å²) in [5.41, 5.74) is 2.63. The van der Waals surface area contributed by atoms with Crippen LogP contribution < -0.4 is 5.32 Å². The topological polar surface area (TPSA) is 32.3 Å². The molecule has 2 N–H and O–H groups in total. The van der Waals surface area contributed by atoms with E-state index in [9.17, 15) is 0 Å². The molecule has 0 heterocycles. The van der Waals surface area contributed by atoms with Crippen LogP contribution in [-0.2, 0) is 0 Å². The zero-order valence-corrected chi connectivity index (χ0v) is 9.66. The van der Waals surface area contributed by atoms with E-state index >= 15 is 0 Å². The molecule has 0 bridgehead atoms. The molecule has 2 heteroatoms. The lowest BCUT2D eigenvalue weighted by molar-refractivity contribution is 0.272. The minimum absolute atomic E-state index is 0.266. The van der Waals surface area contributed by atoms with Crippen molar-refractivity contribution in [3.05, 3.63) is 35.4 Å². The van der Waals surface area contributed by atoms with Crippen molar-refractivity contribution in [3.8, 4) is 0 Å². The van der Waals surface area contributed by atoms with E-state index in [1.54, 1.807) is 0 Å². The number of rotatable bonds is 6. The quantitative estimate of drug-likeness (QED) is 0.748. The van der Waals surface area contributed by atoms with Crippen LogP contribution in [-0.4, -0.2) is 25.3 Å². The van der Waals surface area contributed by atoms with Gasteiger partial charge >= 0.3 is 0 Å². The van der Waals surface area contributed by atoms with Gasteiger partial charge in [0.15, 0.2) is 0 Å². The van der Waals surface area contributed by atoms with Crippen molar-refractivity contribution in [2.45, 2.75) is 25.7 Å². The van der Waals surface area contributed by atoms with Crippen molar-refractivity contribution in [1.82, 2.24) is 5.32 Å². The van der Waals surface area contributed by atoms with Crippen molar-refractivity contribution >= 4 is 0 Å². The first-order valence-corrected chi connectivity index (χ1v) is 5.60. The van der Waals surface area contributed by atoms with Gasteiger partial charge in [-0.3, -0.25) is 0 Å². The molecule has 84 valence electrons. The number of nitrogens with one attached hydrogen (secondary N) is 1. The van der Waals surface area contributed by atoms with Crippen LogP contribution in [0.1, 0.15) is 29.9 Å². The molecule has 0 amide bonds. The average molecular weight is 207 g/mol. The molecule has 0 spiro atoms. The van der Waals surface area contributed by atoms with Crippen LogP contribution in [0.2, 0.25) is 0 Å². The summed E-state index contributed by atoms with van der Waals surface area (Å²) in [5, 5.41) is 12.2. The van der Waals surface area contributed by atoms with Crippen LogP contribution in [0.3, 0.4) is 0 Å². The highest BCUT2D eigenvalue weighted by molar-refractivity contribution is 5.24. The fourth-order valence-electron chi connectivity index (χ4n) is 1.79. The van der Waals surface area contributed by atoms with Gasteiger partial charge in [0, 0.05) is 6.61 Å². The maximum atomic E-state index is 9.03. The summed E-state index contributed by atoms with van der Waals surface area (Å²) in [5.74, 6) is 0.475. The second-order valence-electron chi connectivity index (χ2n) is 4.01. The fraction of sp³-hybridized carbons (Fsp3) is 0.538. The zero-order chi connectivity index (χ0) is 11.1. The molecule has 0 aliphatic rings. The summed E-state index contributed by atoms with van der Waals surface area (Å²) in [6.07, 6.45) is 1.94. The molecule has 0 aliphatic heterocycles. The predicted octanol–water partition coefficient (Wildman–Crippen LogP) is 2.07. The number of hydrogen-bond donors (Lipinski definition) is 2. The highest BCUT2D eigenvalue weighted by Crippen LogP contribution is 2.22. The first-order valence-electron chi connectivity index (χ1n) is 5.60. The van der Waals surface area contributed by atoms with Gasteiger partial charge in [-0.2, -0.15) is 0 Å². The van der Waals surface area contributed by atoms with E-state index in [0.717, 1.165) is 19.4 Å². The van der Waals surface area contributed by atoms with E-state index in [2.05, 4.69) is 36.5 Å². The van der Waals surface area contributed by atoms with Crippen molar-refractivity contribution in [2.75, 3.05) is 20.2 Å². The molecule has 15 heavy (non-hydrogen) atoms. The summed E-state index contributed by atoms with van der Waals surface area (Å²) in [6.45, 7) is 3.36. The maximum absolute atomic E-state index is 9.03. The summed E-state index contributed by atoms with van der Waals surface area (Å²) < 4.78 is 0. The molecular formula is C13H21NO. The number of benzene rings is 1. The molecule has 1 aromatic rings. The van der Waals surface area contributed by atoms with Gasteiger partial charge in [-0.15, -0.1) is 0 Å². The molecule has 0 saturated heterocycles. The molecule has 0 aliphatic carbocycles. The van der Waals surface area contributed by atoms with Crippen LogP contribution in [0.5, 0.6) is 0 Å². The Labute approximate surface area is 92.3 Å². The monoisotopic (exact) mass is 207 g/mol. The standard InChI is InChI=1S/C13H21NO/c1-11-3-5-12(6-4-11)13(8-10-15)7-9-14-2/h3-6,13-15H,7-10H2,1-2H3/t13-/m0/s1. The molecule has 0 aromatic heterocycles. The Balaban J connectivity index is 2.65. The second kappa shape index (κ2) is 6.59. The van der Waals surface area contributed by atoms with Crippen LogP contribution >= 0.6 is 0 Å². The van der Waals surface area contributed by atoms with Gasteiger partial charge in [0.2, 0.25) is 0 Å². The molecule has 2 nitrogen and oxygen atoms in total. The third-order valence-electron chi connectivity index (χ3n) is 2.77. The van der Waals surface area contributed by atoms with E-state index in [1.807, 2.05) is 7.05 Å². The number of hydrogen-bond acceptors (Lipinski definition) is 2. The molecule has 1 aromatic carbocycles. The molecule has 1 atom stereocenters. The molecular weight excluding hydrogens is 186 g/mol. The SMILES string of the molecule is CNCC[C@@H](CCO)c1ccc(C)cc1. The number of aliphatic hydroxyl groups excluding tert-OH is 1. The van der Waals surface area contributed by atoms with E-state index in [-0.39, 0.29) is 6.61 Å². The Morgan fingerprint density at radius 3 is 2.40 bits per heavy atom. The van der Waals surface area contributed by atoms with E-state index < -0.39 is 0 Å². The smallest absolute Gasteiger partial charge is 0.0436 e. The third-order valence-corrected chi connectivity index (χ3v) is 2.77. The van der Waals surface area contributed by atoms with Gasteiger partial charge < -0.3 is 10.4 Å². The van der Waals surface area contributed by atoms with Crippen molar-refractivity contribution in [1.29, 1.82) is 0 Å². The summed E-state index contributed by atoms with van der Waals surface area (Å²) in [6, 6.07) is 8.62. The molecule has 0 saturated carbocycles. The Morgan fingerprint density at radius 2 is 1.87 bits per heavy atom. The first-order chi connectivity index (χ1) is 7.27. The van der Waals surface area contributed by atoms with Crippen molar-refractivity contribution in [3.63, 3.8) is 0 Å². The third kappa shape index (κ3) is 4.02.